The maximum atomic E-state index is 14.2. The molecule has 0 spiro atoms. The maximum absolute atomic E-state index is 14.2. The first-order valence-electron chi connectivity index (χ1n) is 12.7. The Morgan fingerprint density at radius 3 is 2.05 bits per heavy atom. The van der Waals surface area contributed by atoms with Crippen molar-refractivity contribution in [1.82, 2.24) is 0 Å². The second-order valence-electron chi connectivity index (χ2n) is 9.14. The number of fused-ring (bicyclic) bond motifs is 1. The molecule has 0 bridgehead atoms. The quantitative estimate of drug-likeness (QED) is 0.205. The van der Waals surface area contributed by atoms with Crippen molar-refractivity contribution in [1.29, 1.82) is 0 Å². The summed E-state index contributed by atoms with van der Waals surface area (Å²) in [6.07, 6.45) is 0.651. The second-order valence-corrected chi connectivity index (χ2v) is 9.14. The predicted molar refractivity (Wildman–Crippen MR) is 154 cm³/mol. The van der Waals surface area contributed by atoms with Crippen LogP contribution in [0.3, 0.4) is 0 Å². The lowest BCUT2D eigenvalue weighted by Crippen LogP contribution is -2.16. The minimum atomic E-state index is -0.484. The van der Waals surface area contributed by atoms with E-state index in [0.29, 0.717) is 47.2 Å². The molecule has 0 N–H and O–H groups in total. The topological polar surface area (TPSA) is 85.6 Å². The van der Waals surface area contributed by atoms with E-state index in [-0.39, 0.29) is 22.5 Å². The average Bonchev–Trinajstić information content (AvgIpc) is 2.97. The van der Waals surface area contributed by atoms with Crippen molar-refractivity contribution >= 4 is 11.0 Å². The maximum Gasteiger partial charge on any atom is 0.239 e. The lowest BCUT2D eigenvalue weighted by molar-refractivity contribution is 0.191. The summed E-state index contributed by atoms with van der Waals surface area (Å²) in [5.41, 5.74) is 3.18. The van der Waals surface area contributed by atoms with Gasteiger partial charge in [0, 0.05) is 17.7 Å². The Bertz CT molecular complexity index is 1540. The molecular weight excluding hydrogens is 512 g/mol. The number of aryl methyl sites for hydroxylation is 1. The zero-order valence-electron chi connectivity index (χ0n) is 23.7. The van der Waals surface area contributed by atoms with Crippen LogP contribution >= 0.6 is 0 Å². The molecule has 0 fully saturated rings. The van der Waals surface area contributed by atoms with Crippen LogP contribution < -0.4 is 33.8 Å². The highest BCUT2D eigenvalue weighted by Gasteiger charge is 2.26. The Hall–Kier alpha value is -4.33. The van der Waals surface area contributed by atoms with Crippen molar-refractivity contribution in [3.05, 3.63) is 83.2 Å². The molecule has 0 aliphatic carbocycles. The van der Waals surface area contributed by atoms with E-state index in [1.807, 2.05) is 25.1 Å². The van der Waals surface area contributed by atoms with Crippen LogP contribution in [0.4, 0.5) is 0 Å². The number of ether oxygens (including phenoxy) is 6. The van der Waals surface area contributed by atoms with Crippen molar-refractivity contribution < 1.29 is 32.8 Å². The van der Waals surface area contributed by atoms with E-state index in [0.717, 1.165) is 16.7 Å². The van der Waals surface area contributed by atoms with Gasteiger partial charge in [0.2, 0.25) is 16.9 Å². The third-order valence-corrected chi connectivity index (χ3v) is 6.74. The highest BCUT2D eigenvalue weighted by atomic mass is 16.5. The molecule has 210 valence electrons. The van der Waals surface area contributed by atoms with E-state index >= 15 is 0 Å². The van der Waals surface area contributed by atoms with Crippen molar-refractivity contribution in [3.63, 3.8) is 0 Å². The number of hydrogen-bond acceptors (Lipinski definition) is 8. The summed E-state index contributed by atoms with van der Waals surface area (Å²) < 4.78 is 40.6. The Balaban J connectivity index is 2.04. The molecule has 0 aliphatic heterocycles. The summed E-state index contributed by atoms with van der Waals surface area (Å²) in [7, 11) is 7.56. The first-order chi connectivity index (χ1) is 19.3. The van der Waals surface area contributed by atoms with E-state index in [4.69, 9.17) is 32.8 Å². The van der Waals surface area contributed by atoms with Crippen LogP contribution in [0.5, 0.6) is 34.5 Å². The average molecular weight is 547 g/mol. The fourth-order valence-electron chi connectivity index (χ4n) is 4.57. The van der Waals surface area contributed by atoms with E-state index in [9.17, 15) is 4.79 Å². The van der Waals surface area contributed by atoms with Gasteiger partial charge in [0.1, 0.15) is 28.6 Å². The van der Waals surface area contributed by atoms with Gasteiger partial charge in [0.05, 0.1) is 35.5 Å². The van der Waals surface area contributed by atoms with Crippen molar-refractivity contribution in [3.8, 4) is 45.8 Å². The first kappa shape index (κ1) is 28.7. The van der Waals surface area contributed by atoms with Gasteiger partial charge in [0.25, 0.3) is 0 Å². The molecular formula is C32H34O8. The normalized spacial score (nSPS) is 11.7. The smallest absolute Gasteiger partial charge is 0.239 e. The van der Waals surface area contributed by atoms with E-state index < -0.39 is 11.5 Å². The van der Waals surface area contributed by atoms with Crippen molar-refractivity contribution in [2.45, 2.75) is 25.9 Å². The standard InChI is InChI=1S/C32H34O8/c1-9-10-23(20-12-11-18(2)19(3)13-20)39-32-29(33)28-24(35-5)16-22(34-4)17-25(28)40-30(32)21-14-26(36-6)31(38-8)27(15-21)37-7/h11-17,23H,1-2,9-10H2,3-8H3. The first-order valence-corrected chi connectivity index (χ1v) is 12.7. The molecule has 40 heavy (non-hydrogen) atoms. The van der Waals surface area contributed by atoms with Gasteiger partial charge in [-0.2, -0.15) is 0 Å². The van der Waals surface area contributed by atoms with Crippen LogP contribution in [0.15, 0.2) is 51.7 Å². The highest BCUT2D eigenvalue weighted by molar-refractivity contribution is 5.89. The molecule has 2 radical (unpaired) electrons. The number of rotatable bonds is 11. The lowest BCUT2D eigenvalue weighted by atomic mass is 9.99. The van der Waals surface area contributed by atoms with Crippen LogP contribution in [0.25, 0.3) is 22.3 Å². The summed E-state index contributed by atoms with van der Waals surface area (Å²) in [6.45, 7) is 10.1. The zero-order valence-corrected chi connectivity index (χ0v) is 23.7. The Morgan fingerprint density at radius 1 is 0.825 bits per heavy atom. The van der Waals surface area contributed by atoms with Crippen LogP contribution in [0.2, 0.25) is 0 Å². The van der Waals surface area contributed by atoms with Gasteiger partial charge < -0.3 is 32.8 Å². The molecule has 4 aromatic rings. The summed E-state index contributed by atoms with van der Waals surface area (Å²) in [6, 6.07) is 12.6. The van der Waals surface area contributed by atoms with Crippen LogP contribution in [0.1, 0.15) is 35.6 Å². The second kappa shape index (κ2) is 12.2. The third kappa shape index (κ3) is 5.39. The van der Waals surface area contributed by atoms with Gasteiger partial charge in [-0.15, -0.1) is 0 Å². The molecule has 1 heterocycles. The monoisotopic (exact) mass is 546 g/mol. The zero-order chi connectivity index (χ0) is 29.0. The largest absolute Gasteiger partial charge is 0.496 e. The molecule has 4 rings (SSSR count). The molecule has 0 saturated heterocycles. The fraction of sp³-hybridized carbons (Fsp3) is 0.281. The number of benzene rings is 3. The summed E-state index contributed by atoms with van der Waals surface area (Å²) in [5, 5.41) is 0.229. The van der Waals surface area contributed by atoms with Crippen molar-refractivity contribution in [2.75, 3.05) is 35.5 Å². The Kier molecular flexibility index (Phi) is 8.77. The van der Waals surface area contributed by atoms with Gasteiger partial charge in [-0.25, -0.2) is 0 Å². The molecule has 1 unspecified atom stereocenters. The van der Waals surface area contributed by atoms with Gasteiger partial charge in [-0.05, 0) is 55.5 Å². The summed E-state index contributed by atoms with van der Waals surface area (Å²) in [5.74, 6) is 2.16. The molecule has 0 aliphatic rings. The van der Waals surface area contributed by atoms with Gasteiger partial charge in [-0.1, -0.05) is 25.1 Å². The summed E-state index contributed by atoms with van der Waals surface area (Å²) >= 11 is 0. The minimum Gasteiger partial charge on any atom is -0.496 e. The third-order valence-electron chi connectivity index (χ3n) is 6.74. The van der Waals surface area contributed by atoms with Gasteiger partial charge in [-0.3, -0.25) is 4.79 Å². The molecule has 0 saturated carbocycles. The van der Waals surface area contributed by atoms with Crippen LogP contribution in [-0.4, -0.2) is 35.5 Å². The molecule has 8 heteroatoms. The van der Waals surface area contributed by atoms with Crippen molar-refractivity contribution in [2.24, 2.45) is 0 Å². The van der Waals surface area contributed by atoms with Gasteiger partial charge in [0.15, 0.2) is 17.3 Å². The summed E-state index contributed by atoms with van der Waals surface area (Å²) in [4.78, 5) is 14.2. The lowest BCUT2D eigenvalue weighted by Gasteiger charge is -2.22. The Morgan fingerprint density at radius 2 is 1.50 bits per heavy atom. The number of methoxy groups -OCH3 is 5. The highest BCUT2D eigenvalue weighted by Crippen LogP contribution is 2.45. The molecule has 8 nitrogen and oxygen atoms in total. The van der Waals surface area contributed by atoms with E-state index in [1.54, 1.807) is 24.3 Å². The SMILES string of the molecule is [CH2]CCC(Oc1c(-c2cc(OC)c(OC)c(OC)c2)oc2cc(OC)cc(OC)c2c1=O)c1ccc([CH2])c(C)c1. The molecule has 3 aromatic carbocycles. The van der Waals surface area contributed by atoms with Gasteiger partial charge >= 0.3 is 0 Å². The van der Waals surface area contributed by atoms with Crippen LogP contribution in [0, 0.1) is 20.8 Å². The van der Waals surface area contributed by atoms with E-state index in [1.165, 1.54) is 35.5 Å². The molecule has 0 amide bonds. The fourth-order valence-corrected chi connectivity index (χ4v) is 4.57. The van der Waals surface area contributed by atoms with Crippen LogP contribution in [-0.2, 0) is 0 Å². The molecule has 1 atom stereocenters. The predicted octanol–water partition coefficient (Wildman–Crippen LogP) is 6.73. The Labute approximate surface area is 234 Å². The minimum absolute atomic E-state index is 0.0139. The van der Waals surface area contributed by atoms with E-state index in [2.05, 4.69) is 13.8 Å². The number of hydrogen-bond donors (Lipinski definition) is 0. The molecule has 1 aromatic heterocycles.